The predicted molar refractivity (Wildman–Crippen MR) is 191 cm³/mol. The molecule has 10 aromatic rings. The van der Waals surface area contributed by atoms with Gasteiger partial charge in [0.2, 0.25) is 0 Å². The van der Waals surface area contributed by atoms with Crippen LogP contribution in [0, 0.1) is 0 Å². The number of hydrogen-bond acceptors (Lipinski definition) is 1. The van der Waals surface area contributed by atoms with Gasteiger partial charge in [0.15, 0.2) is 0 Å². The molecule has 1 heteroatoms. The van der Waals surface area contributed by atoms with E-state index >= 15 is 0 Å². The maximum atomic E-state index is 8.72. The molecule has 0 amide bonds. The summed E-state index contributed by atoms with van der Waals surface area (Å²) >= 11 is 0. The highest BCUT2D eigenvalue weighted by Crippen LogP contribution is 2.46. The van der Waals surface area contributed by atoms with Crippen molar-refractivity contribution >= 4 is 65.0 Å². The van der Waals surface area contributed by atoms with E-state index in [1.807, 2.05) is 36.4 Å². The van der Waals surface area contributed by atoms with E-state index in [0.29, 0.717) is 5.56 Å². The highest BCUT2D eigenvalue weighted by Gasteiger charge is 2.20. The topological polar surface area (TPSA) is 13.1 Å². The first-order chi connectivity index (χ1) is 24.4. The third kappa shape index (κ3) is 3.56. The molecule has 208 valence electrons. The number of para-hydroxylation sites is 1. The van der Waals surface area contributed by atoms with Gasteiger partial charge in [0, 0.05) is 16.3 Å². The SMILES string of the molecule is [2H]c1c([2H])c([2H])c(-c2ccc3ccc4c(-c5ccc(-c6ccc7ccccc7c6)c6oc7ccccc7c56)ccc5ccc2c3c54)c([2H])c1[2H]. The predicted octanol–water partition coefficient (Wildman–Crippen LogP) is 12.6. The minimum atomic E-state index is -0.393. The lowest BCUT2D eigenvalue weighted by molar-refractivity contribution is 0.670. The molecule has 0 fully saturated rings. The average Bonchev–Trinajstić information content (AvgIpc) is 3.55. The van der Waals surface area contributed by atoms with Crippen molar-refractivity contribution in [2.24, 2.45) is 0 Å². The second-order valence-corrected chi connectivity index (χ2v) is 11.7. The lowest BCUT2D eigenvalue weighted by Crippen LogP contribution is -1.90. The van der Waals surface area contributed by atoms with Crippen LogP contribution in [0.2, 0.25) is 0 Å². The van der Waals surface area contributed by atoms with Gasteiger partial charge >= 0.3 is 0 Å². The van der Waals surface area contributed by atoms with Gasteiger partial charge in [-0.1, -0.05) is 139 Å². The van der Waals surface area contributed by atoms with Gasteiger partial charge in [0.25, 0.3) is 0 Å². The van der Waals surface area contributed by atoms with Crippen molar-refractivity contribution in [3.05, 3.63) is 158 Å². The Morgan fingerprint density at radius 1 is 0.400 bits per heavy atom. The van der Waals surface area contributed by atoms with E-state index in [0.717, 1.165) is 76.5 Å². The molecule has 45 heavy (non-hydrogen) atoms. The van der Waals surface area contributed by atoms with Crippen LogP contribution in [0.3, 0.4) is 0 Å². The average molecular weight is 576 g/mol. The summed E-state index contributed by atoms with van der Waals surface area (Å²) in [7, 11) is 0. The van der Waals surface area contributed by atoms with Gasteiger partial charge in [0.1, 0.15) is 11.2 Å². The molecule has 1 aromatic heterocycles. The van der Waals surface area contributed by atoms with Crippen LogP contribution in [0.5, 0.6) is 0 Å². The Kier molecular flexibility index (Phi) is 4.15. The molecule has 0 aliphatic carbocycles. The molecule has 0 saturated heterocycles. The van der Waals surface area contributed by atoms with Gasteiger partial charge in [-0.15, -0.1) is 0 Å². The Labute approximate surface area is 266 Å². The quantitative estimate of drug-likeness (QED) is 0.191. The smallest absolute Gasteiger partial charge is 0.143 e. The summed E-state index contributed by atoms with van der Waals surface area (Å²) in [6, 6.07) is 42.6. The third-order valence-corrected chi connectivity index (χ3v) is 9.31. The first kappa shape index (κ1) is 20.1. The number of fused-ring (bicyclic) bond motifs is 4. The summed E-state index contributed by atoms with van der Waals surface area (Å²) in [6.45, 7) is 0. The molecular formula is C44H26O. The van der Waals surface area contributed by atoms with E-state index in [1.54, 1.807) is 0 Å². The summed E-state index contributed by atoms with van der Waals surface area (Å²) < 4.78 is 48.9. The first-order valence-electron chi connectivity index (χ1n) is 17.6. The zero-order valence-corrected chi connectivity index (χ0v) is 24.0. The maximum Gasteiger partial charge on any atom is 0.143 e. The highest BCUT2D eigenvalue weighted by atomic mass is 16.3. The summed E-state index contributed by atoms with van der Waals surface area (Å²) in [4.78, 5) is 0. The minimum absolute atomic E-state index is 0.201. The van der Waals surface area contributed by atoms with E-state index in [9.17, 15) is 0 Å². The van der Waals surface area contributed by atoms with E-state index in [2.05, 4.69) is 91.0 Å². The summed E-state index contributed by atoms with van der Waals surface area (Å²) in [5, 5.41) is 10.6. The monoisotopic (exact) mass is 575 g/mol. The standard InChI is InChI=1S/C44H26O/c1-2-9-28(10-3-1)33-20-16-29-19-23-37-35(21-17-30-18-22-36(33)41(29)42(30)37)38-25-24-34(32-15-14-27-8-4-5-11-31(27)26-32)44-43(38)39-12-6-7-13-40(39)45-44/h1-26H/i1D,2D,3D,9D,10D. The van der Waals surface area contributed by atoms with E-state index in [1.165, 1.54) is 10.8 Å². The fourth-order valence-electron chi connectivity index (χ4n) is 7.28. The number of furan rings is 1. The van der Waals surface area contributed by atoms with Crippen molar-refractivity contribution in [2.45, 2.75) is 0 Å². The number of rotatable bonds is 3. The highest BCUT2D eigenvalue weighted by molar-refractivity contribution is 6.29. The van der Waals surface area contributed by atoms with Crippen molar-refractivity contribution in [3.8, 4) is 33.4 Å². The molecule has 0 spiro atoms. The fraction of sp³-hybridized carbons (Fsp3) is 0. The molecule has 9 aromatic carbocycles. The second kappa shape index (κ2) is 9.29. The molecule has 0 radical (unpaired) electrons. The normalized spacial score (nSPS) is 13.6. The fourth-order valence-corrected chi connectivity index (χ4v) is 7.28. The minimum Gasteiger partial charge on any atom is -0.455 e. The second-order valence-electron chi connectivity index (χ2n) is 11.7. The van der Waals surface area contributed by atoms with Crippen LogP contribution in [0.25, 0.3) is 98.4 Å². The molecule has 0 aliphatic heterocycles. The van der Waals surface area contributed by atoms with Crippen LogP contribution in [0.15, 0.2) is 162 Å². The van der Waals surface area contributed by atoms with Crippen molar-refractivity contribution in [1.82, 2.24) is 0 Å². The molecule has 1 heterocycles. The van der Waals surface area contributed by atoms with Gasteiger partial charge in [-0.3, -0.25) is 0 Å². The molecule has 0 aliphatic rings. The number of hydrogen-bond donors (Lipinski definition) is 0. The first-order valence-corrected chi connectivity index (χ1v) is 15.1. The van der Waals surface area contributed by atoms with Crippen LogP contribution >= 0.6 is 0 Å². The van der Waals surface area contributed by atoms with E-state index < -0.39 is 6.04 Å². The van der Waals surface area contributed by atoms with Gasteiger partial charge in [-0.25, -0.2) is 0 Å². The molecule has 0 N–H and O–H groups in total. The summed E-state index contributed by atoms with van der Waals surface area (Å²) in [6.07, 6.45) is 0. The van der Waals surface area contributed by atoms with Gasteiger partial charge in [-0.05, 0) is 89.1 Å². The maximum absolute atomic E-state index is 8.72. The third-order valence-electron chi connectivity index (χ3n) is 9.31. The summed E-state index contributed by atoms with van der Waals surface area (Å²) in [5.74, 6) is 0. The Morgan fingerprint density at radius 2 is 1.02 bits per heavy atom. The van der Waals surface area contributed by atoms with E-state index in [-0.39, 0.29) is 29.7 Å². The molecule has 0 unspecified atom stereocenters. The van der Waals surface area contributed by atoms with Crippen molar-refractivity contribution in [3.63, 3.8) is 0 Å². The van der Waals surface area contributed by atoms with Crippen molar-refractivity contribution in [2.75, 3.05) is 0 Å². The molecule has 10 rings (SSSR count). The van der Waals surface area contributed by atoms with Crippen LogP contribution in [0.4, 0.5) is 0 Å². The lowest BCUT2D eigenvalue weighted by Gasteiger charge is -2.17. The Balaban J connectivity index is 1.26. The largest absolute Gasteiger partial charge is 0.455 e. The lowest BCUT2D eigenvalue weighted by atomic mass is 9.86. The number of benzene rings is 9. The van der Waals surface area contributed by atoms with Gasteiger partial charge in [-0.2, -0.15) is 0 Å². The Morgan fingerprint density at radius 3 is 1.84 bits per heavy atom. The summed E-state index contributed by atoms with van der Waals surface area (Å²) in [5.41, 5.74) is 6.77. The Hall–Kier alpha value is -5.92. The van der Waals surface area contributed by atoms with Crippen LogP contribution in [-0.4, -0.2) is 0 Å². The zero-order valence-electron chi connectivity index (χ0n) is 29.0. The molecule has 0 saturated carbocycles. The molecule has 0 bridgehead atoms. The van der Waals surface area contributed by atoms with Gasteiger partial charge < -0.3 is 4.42 Å². The van der Waals surface area contributed by atoms with E-state index in [4.69, 9.17) is 11.3 Å². The van der Waals surface area contributed by atoms with Crippen LogP contribution in [0.1, 0.15) is 6.85 Å². The zero-order chi connectivity index (χ0) is 33.8. The van der Waals surface area contributed by atoms with Crippen molar-refractivity contribution in [1.29, 1.82) is 0 Å². The molecule has 0 atom stereocenters. The van der Waals surface area contributed by atoms with Crippen LogP contribution < -0.4 is 0 Å². The van der Waals surface area contributed by atoms with Crippen LogP contribution in [-0.2, 0) is 0 Å². The molecular weight excluding hydrogens is 544 g/mol. The Bertz CT molecular complexity index is 3020. The molecule has 1 nitrogen and oxygen atoms in total. The van der Waals surface area contributed by atoms with Crippen molar-refractivity contribution < 1.29 is 11.3 Å². The van der Waals surface area contributed by atoms with Gasteiger partial charge in [0.05, 0.1) is 6.85 Å².